The van der Waals surface area contributed by atoms with E-state index in [9.17, 15) is 23.7 Å². The van der Waals surface area contributed by atoms with E-state index in [-0.39, 0.29) is 3.70 Å². The Kier molecular flexibility index (Phi) is 4.08. The van der Waals surface area contributed by atoms with E-state index >= 15 is 0 Å². The topological polar surface area (TPSA) is 73.1 Å². The Balaban J connectivity index is 3.49. The normalized spacial score (nSPS) is 10.6. The van der Waals surface area contributed by atoms with Crippen LogP contribution in [0.2, 0.25) is 0 Å². The molecule has 16 heavy (non-hydrogen) atoms. The lowest BCUT2D eigenvalue weighted by Crippen LogP contribution is -2.06. The molecule has 0 N–H and O–H groups in total. The number of carbonyl (C=O) groups excluding carboxylic acids is 1. The number of pyridine rings is 1. The number of nitrogens with zero attached hydrogens (tertiary/aromatic N) is 2. The van der Waals surface area contributed by atoms with Crippen molar-refractivity contribution in [2.75, 3.05) is 0 Å². The average molecular weight is 362 g/mol. The largest absolute Gasteiger partial charge is 0.376 e. The SMILES string of the molecule is O=C(Cl)c1cc(C(F)F)c(I)nc1[N+](=O)[O-]. The fraction of sp³-hybridized carbons (Fsp3) is 0.143. The number of halogens is 4. The maximum Gasteiger partial charge on any atom is 0.376 e. The quantitative estimate of drug-likeness (QED) is 0.272. The van der Waals surface area contributed by atoms with Gasteiger partial charge in [-0.25, -0.2) is 8.78 Å². The highest BCUT2D eigenvalue weighted by molar-refractivity contribution is 14.1. The van der Waals surface area contributed by atoms with Crippen molar-refractivity contribution in [2.45, 2.75) is 6.43 Å². The molecule has 0 aromatic carbocycles. The van der Waals surface area contributed by atoms with Gasteiger partial charge in [-0.05, 0) is 27.6 Å². The Bertz CT molecular complexity index is 469. The standard InChI is InChI=1S/C7H2ClF2IN2O3/c8-4(14)2-1-3(5(9)10)6(11)12-7(2)13(15)16/h1,5H. The predicted octanol–water partition coefficient (Wildman–Crippen LogP) is 2.91. The Morgan fingerprint density at radius 2 is 2.19 bits per heavy atom. The summed E-state index contributed by atoms with van der Waals surface area (Å²) < 4.78 is 24.6. The molecule has 1 rings (SSSR count). The predicted molar refractivity (Wildman–Crippen MR) is 58.7 cm³/mol. The summed E-state index contributed by atoms with van der Waals surface area (Å²) in [4.78, 5) is 23.7. The first-order valence-electron chi connectivity index (χ1n) is 3.67. The molecule has 0 unspecified atom stereocenters. The van der Waals surface area contributed by atoms with Gasteiger partial charge in [0.15, 0.2) is 0 Å². The van der Waals surface area contributed by atoms with Crippen LogP contribution in [0.5, 0.6) is 0 Å². The molecule has 0 aliphatic heterocycles. The fourth-order valence-electron chi connectivity index (χ4n) is 0.934. The molecule has 1 aromatic heterocycles. The van der Waals surface area contributed by atoms with Crippen LogP contribution in [0, 0.1) is 13.8 Å². The molecule has 0 aliphatic carbocycles. The first-order chi connectivity index (χ1) is 7.34. The average Bonchev–Trinajstić information content (AvgIpc) is 2.15. The van der Waals surface area contributed by atoms with E-state index in [0.29, 0.717) is 6.07 Å². The summed E-state index contributed by atoms with van der Waals surface area (Å²) in [6.07, 6.45) is -2.88. The zero-order valence-electron chi connectivity index (χ0n) is 7.29. The van der Waals surface area contributed by atoms with Gasteiger partial charge in [-0.15, -0.1) is 0 Å². The van der Waals surface area contributed by atoms with Gasteiger partial charge in [-0.2, -0.15) is 0 Å². The highest BCUT2D eigenvalue weighted by atomic mass is 127. The molecule has 0 bridgehead atoms. The summed E-state index contributed by atoms with van der Waals surface area (Å²) in [6, 6.07) is 0.687. The summed E-state index contributed by atoms with van der Waals surface area (Å²) in [7, 11) is 0. The molecule has 1 aromatic rings. The molecule has 0 saturated heterocycles. The van der Waals surface area contributed by atoms with Crippen LogP contribution in [0.3, 0.4) is 0 Å². The van der Waals surface area contributed by atoms with Crippen molar-refractivity contribution in [3.63, 3.8) is 0 Å². The van der Waals surface area contributed by atoms with E-state index in [2.05, 4.69) is 4.98 Å². The van der Waals surface area contributed by atoms with E-state index < -0.39 is 33.5 Å². The second-order valence-electron chi connectivity index (χ2n) is 2.57. The summed E-state index contributed by atoms with van der Waals surface area (Å²) >= 11 is 6.48. The number of carbonyl (C=O) groups is 1. The number of hydrogen-bond donors (Lipinski definition) is 0. The molecule has 0 saturated carbocycles. The zero-order valence-corrected chi connectivity index (χ0v) is 10.2. The first kappa shape index (κ1) is 13.2. The lowest BCUT2D eigenvalue weighted by atomic mass is 10.2. The number of hydrogen-bond acceptors (Lipinski definition) is 4. The Morgan fingerprint density at radius 1 is 1.62 bits per heavy atom. The molecule has 0 aliphatic rings. The van der Waals surface area contributed by atoms with Crippen LogP contribution >= 0.6 is 34.2 Å². The monoisotopic (exact) mass is 362 g/mol. The number of aromatic nitrogens is 1. The fourth-order valence-corrected chi connectivity index (χ4v) is 1.69. The maximum absolute atomic E-state index is 12.4. The van der Waals surface area contributed by atoms with Gasteiger partial charge in [0, 0.05) is 22.6 Å². The summed E-state index contributed by atoms with van der Waals surface area (Å²) in [5.41, 5.74) is -1.20. The van der Waals surface area contributed by atoms with E-state index in [4.69, 9.17) is 11.6 Å². The molecule has 0 amide bonds. The summed E-state index contributed by atoms with van der Waals surface area (Å²) in [5, 5.41) is 9.30. The van der Waals surface area contributed by atoms with E-state index in [1.807, 2.05) is 0 Å². The minimum absolute atomic E-state index is 0.235. The van der Waals surface area contributed by atoms with Crippen molar-refractivity contribution in [3.8, 4) is 0 Å². The van der Waals surface area contributed by atoms with Crippen molar-refractivity contribution in [2.24, 2.45) is 0 Å². The number of alkyl halides is 2. The van der Waals surface area contributed by atoms with Gasteiger partial charge in [0.2, 0.25) is 3.70 Å². The van der Waals surface area contributed by atoms with Crippen molar-refractivity contribution in [1.29, 1.82) is 0 Å². The molecule has 9 heteroatoms. The number of rotatable bonds is 3. The van der Waals surface area contributed by atoms with Gasteiger partial charge in [0.05, 0.1) is 5.56 Å². The van der Waals surface area contributed by atoms with Crippen molar-refractivity contribution < 1.29 is 18.5 Å². The van der Waals surface area contributed by atoms with Crippen LogP contribution in [0.4, 0.5) is 14.6 Å². The second-order valence-corrected chi connectivity index (χ2v) is 3.94. The Morgan fingerprint density at radius 3 is 2.56 bits per heavy atom. The highest BCUT2D eigenvalue weighted by Gasteiger charge is 2.27. The van der Waals surface area contributed by atoms with Crippen molar-refractivity contribution >= 4 is 45.3 Å². The highest BCUT2D eigenvalue weighted by Crippen LogP contribution is 2.28. The van der Waals surface area contributed by atoms with Gasteiger partial charge in [-0.1, -0.05) is 0 Å². The van der Waals surface area contributed by atoms with Crippen LogP contribution in [-0.4, -0.2) is 15.1 Å². The first-order valence-corrected chi connectivity index (χ1v) is 5.13. The lowest BCUT2D eigenvalue weighted by molar-refractivity contribution is -0.389. The van der Waals surface area contributed by atoms with Crippen LogP contribution in [0.15, 0.2) is 6.07 Å². The van der Waals surface area contributed by atoms with Crippen molar-refractivity contribution in [1.82, 2.24) is 4.98 Å². The molecule has 0 radical (unpaired) electrons. The lowest BCUT2D eigenvalue weighted by Gasteiger charge is -2.02. The van der Waals surface area contributed by atoms with E-state index in [1.165, 1.54) is 22.6 Å². The van der Waals surface area contributed by atoms with Crippen LogP contribution in [0.25, 0.3) is 0 Å². The smallest absolute Gasteiger partial charge is 0.358 e. The molecular formula is C7H2ClF2IN2O3. The molecule has 5 nitrogen and oxygen atoms in total. The third-order valence-corrected chi connectivity index (χ3v) is 2.67. The van der Waals surface area contributed by atoms with Gasteiger partial charge in [0.25, 0.3) is 11.7 Å². The van der Waals surface area contributed by atoms with E-state index in [0.717, 1.165) is 0 Å². The Hall–Kier alpha value is -0.900. The maximum atomic E-state index is 12.4. The molecule has 0 fully saturated rings. The molecule has 1 heterocycles. The molecule has 86 valence electrons. The van der Waals surface area contributed by atoms with E-state index in [1.54, 1.807) is 0 Å². The van der Waals surface area contributed by atoms with Crippen molar-refractivity contribution in [3.05, 3.63) is 31.0 Å². The van der Waals surface area contributed by atoms with Crippen LogP contribution in [0.1, 0.15) is 22.3 Å². The molecule has 0 spiro atoms. The van der Waals surface area contributed by atoms with Gasteiger partial charge >= 0.3 is 5.82 Å². The van der Waals surface area contributed by atoms with Gasteiger partial charge < -0.3 is 10.1 Å². The minimum atomic E-state index is -2.88. The second kappa shape index (κ2) is 4.95. The zero-order chi connectivity index (χ0) is 12.5. The van der Waals surface area contributed by atoms with Crippen LogP contribution < -0.4 is 0 Å². The van der Waals surface area contributed by atoms with Gasteiger partial charge in [-0.3, -0.25) is 4.79 Å². The molecular weight excluding hydrogens is 360 g/mol. The number of nitro groups is 1. The summed E-state index contributed by atoms with van der Waals surface area (Å²) in [5.74, 6) is -0.825. The third kappa shape index (κ3) is 2.61. The summed E-state index contributed by atoms with van der Waals surface area (Å²) in [6.45, 7) is 0. The van der Waals surface area contributed by atoms with Gasteiger partial charge in [0.1, 0.15) is 5.56 Å². The third-order valence-electron chi connectivity index (χ3n) is 1.60. The molecule has 0 atom stereocenters. The minimum Gasteiger partial charge on any atom is -0.358 e. The van der Waals surface area contributed by atoms with Crippen LogP contribution in [-0.2, 0) is 0 Å². The Labute approximate surface area is 106 Å².